The molecule has 1 aromatic heterocycles. The van der Waals surface area contributed by atoms with Gasteiger partial charge >= 0.3 is 0 Å². The van der Waals surface area contributed by atoms with Crippen molar-refractivity contribution in [3.05, 3.63) is 57.8 Å². The van der Waals surface area contributed by atoms with Crippen LogP contribution >= 0.6 is 11.3 Å². The molecular formula is C23H32N2O3S2. The minimum absolute atomic E-state index is 0.00760. The first-order chi connectivity index (χ1) is 14.3. The van der Waals surface area contributed by atoms with Crippen molar-refractivity contribution in [1.82, 2.24) is 9.62 Å². The first kappa shape index (κ1) is 23.0. The van der Waals surface area contributed by atoms with Gasteiger partial charge in [-0.25, -0.2) is 12.7 Å². The minimum atomic E-state index is -3.18. The highest BCUT2D eigenvalue weighted by Gasteiger charge is 2.31. The molecular weight excluding hydrogens is 416 g/mol. The van der Waals surface area contributed by atoms with Gasteiger partial charge in [-0.05, 0) is 54.7 Å². The predicted octanol–water partition coefficient (Wildman–Crippen LogP) is 4.21. The molecule has 1 amide bonds. The summed E-state index contributed by atoms with van der Waals surface area (Å²) in [6.07, 6.45) is 2.17. The summed E-state index contributed by atoms with van der Waals surface area (Å²) in [4.78, 5) is 14.1. The number of piperidine rings is 1. The summed E-state index contributed by atoms with van der Waals surface area (Å²) in [5.74, 6) is 0.562. The fourth-order valence-electron chi connectivity index (χ4n) is 3.93. The highest BCUT2D eigenvalue weighted by molar-refractivity contribution is 7.89. The maximum Gasteiger partial charge on any atom is 0.223 e. The van der Waals surface area contributed by atoms with Gasteiger partial charge in [-0.15, -0.1) is 11.3 Å². The molecule has 2 heterocycles. The molecule has 30 heavy (non-hydrogen) atoms. The minimum Gasteiger partial charge on any atom is -0.344 e. The second-order valence-electron chi connectivity index (χ2n) is 8.37. The Balaban J connectivity index is 1.70. The van der Waals surface area contributed by atoms with Gasteiger partial charge in [0.25, 0.3) is 0 Å². The van der Waals surface area contributed by atoms with E-state index in [1.165, 1.54) is 9.87 Å². The summed E-state index contributed by atoms with van der Waals surface area (Å²) in [7, 11) is -3.18. The summed E-state index contributed by atoms with van der Waals surface area (Å²) in [6.45, 7) is 6.91. The van der Waals surface area contributed by atoms with Crippen LogP contribution in [0.2, 0.25) is 0 Å². The molecule has 164 valence electrons. The van der Waals surface area contributed by atoms with Crippen LogP contribution in [0.4, 0.5) is 0 Å². The van der Waals surface area contributed by atoms with E-state index in [-0.39, 0.29) is 23.6 Å². The smallest absolute Gasteiger partial charge is 0.223 e. The van der Waals surface area contributed by atoms with Gasteiger partial charge in [0.2, 0.25) is 15.9 Å². The van der Waals surface area contributed by atoms with Crippen LogP contribution in [0.1, 0.15) is 55.7 Å². The van der Waals surface area contributed by atoms with Crippen LogP contribution in [0.15, 0.2) is 41.8 Å². The largest absolute Gasteiger partial charge is 0.344 e. The lowest BCUT2D eigenvalue weighted by molar-refractivity contribution is -0.126. The van der Waals surface area contributed by atoms with Crippen molar-refractivity contribution in [3.8, 4) is 0 Å². The molecule has 0 spiro atoms. The second kappa shape index (κ2) is 10.1. The van der Waals surface area contributed by atoms with Crippen molar-refractivity contribution < 1.29 is 13.2 Å². The van der Waals surface area contributed by atoms with E-state index < -0.39 is 10.0 Å². The average Bonchev–Trinajstić information content (AvgIpc) is 3.27. The Morgan fingerprint density at radius 2 is 1.83 bits per heavy atom. The van der Waals surface area contributed by atoms with E-state index >= 15 is 0 Å². The molecule has 3 rings (SSSR count). The normalized spacial score (nSPS) is 17.2. The zero-order chi connectivity index (χ0) is 21.7. The number of carbonyl (C=O) groups is 1. The van der Waals surface area contributed by atoms with Crippen LogP contribution in [-0.4, -0.2) is 37.5 Å². The topological polar surface area (TPSA) is 66.5 Å². The van der Waals surface area contributed by atoms with Gasteiger partial charge in [-0.3, -0.25) is 4.79 Å². The molecule has 1 atom stereocenters. The molecule has 1 aliphatic heterocycles. The Morgan fingerprint density at radius 1 is 1.17 bits per heavy atom. The number of sulfonamides is 1. The van der Waals surface area contributed by atoms with Crippen LogP contribution in [0.5, 0.6) is 0 Å². The number of nitrogens with one attached hydrogen (secondary N) is 1. The first-order valence-corrected chi connectivity index (χ1v) is 13.2. The van der Waals surface area contributed by atoms with Gasteiger partial charge in [-0.2, -0.15) is 0 Å². The maximum absolute atomic E-state index is 13.0. The number of amides is 1. The van der Waals surface area contributed by atoms with Crippen molar-refractivity contribution >= 4 is 27.3 Å². The Hall–Kier alpha value is -1.70. The lowest BCUT2D eigenvalue weighted by Gasteiger charge is -2.31. The van der Waals surface area contributed by atoms with Gasteiger partial charge in [0, 0.05) is 23.9 Å². The molecule has 1 N–H and O–H groups in total. The van der Waals surface area contributed by atoms with Crippen molar-refractivity contribution in [1.29, 1.82) is 0 Å². The van der Waals surface area contributed by atoms with Crippen molar-refractivity contribution in [2.75, 3.05) is 18.8 Å². The Kier molecular flexibility index (Phi) is 7.71. The van der Waals surface area contributed by atoms with Crippen LogP contribution in [0.3, 0.4) is 0 Å². The summed E-state index contributed by atoms with van der Waals surface area (Å²) < 4.78 is 25.7. The highest BCUT2D eigenvalue weighted by Crippen LogP contribution is 2.28. The van der Waals surface area contributed by atoms with Crippen LogP contribution in [-0.2, 0) is 21.2 Å². The molecule has 1 aromatic carbocycles. The molecule has 7 heteroatoms. The standard InChI is InChI=1S/C23H32N2O3S2/c1-4-30(27,28)25-13-11-20(12-14-25)23(26)24-22(21-6-5-15-29-21)19-9-7-18(8-10-19)16-17(2)3/h5-10,15,17,20,22H,4,11-14,16H2,1-3H3,(H,24,26). The second-order valence-corrected chi connectivity index (χ2v) is 11.6. The number of carbonyl (C=O) groups excluding carboxylic acids is 1. The van der Waals surface area contributed by atoms with E-state index in [4.69, 9.17) is 0 Å². The lowest BCUT2D eigenvalue weighted by atomic mass is 9.95. The van der Waals surface area contributed by atoms with Gasteiger partial charge in [0.15, 0.2) is 0 Å². The summed E-state index contributed by atoms with van der Waals surface area (Å²) >= 11 is 1.63. The molecule has 1 unspecified atom stereocenters. The monoisotopic (exact) mass is 448 g/mol. The van der Waals surface area contributed by atoms with E-state index in [0.717, 1.165) is 16.9 Å². The Morgan fingerprint density at radius 3 is 2.37 bits per heavy atom. The number of hydrogen-bond donors (Lipinski definition) is 1. The molecule has 0 bridgehead atoms. The fraction of sp³-hybridized carbons (Fsp3) is 0.522. The zero-order valence-electron chi connectivity index (χ0n) is 18.0. The Labute approximate surface area is 184 Å². The van der Waals surface area contributed by atoms with E-state index in [2.05, 4.69) is 43.4 Å². The molecule has 5 nitrogen and oxygen atoms in total. The fourth-order valence-corrected chi connectivity index (χ4v) is 5.87. The highest BCUT2D eigenvalue weighted by atomic mass is 32.2. The SMILES string of the molecule is CCS(=O)(=O)N1CCC(C(=O)NC(c2ccc(CC(C)C)cc2)c2cccs2)CC1. The maximum atomic E-state index is 13.0. The van der Waals surface area contributed by atoms with E-state index in [1.54, 1.807) is 18.3 Å². The summed E-state index contributed by atoms with van der Waals surface area (Å²) in [5, 5.41) is 5.26. The van der Waals surface area contributed by atoms with Crippen LogP contribution < -0.4 is 5.32 Å². The molecule has 1 saturated heterocycles. The molecule has 0 saturated carbocycles. The lowest BCUT2D eigenvalue weighted by Crippen LogP contribution is -2.44. The Bertz CT molecular complexity index is 914. The third-order valence-corrected chi connectivity index (χ3v) is 8.47. The number of rotatable bonds is 8. The molecule has 2 aromatic rings. The van der Waals surface area contributed by atoms with E-state index in [1.807, 2.05) is 17.5 Å². The van der Waals surface area contributed by atoms with Crippen LogP contribution in [0.25, 0.3) is 0 Å². The van der Waals surface area contributed by atoms with Crippen molar-refractivity contribution in [3.63, 3.8) is 0 Å². The number of benzene rings is 1. The summed E-state index contributed by atoms with van der Waals surface area (Å²) in [5.41, 5.74) is 2.37. The zero-order valence-corrected chi connectivity index (χ0v) is 19.6. The van der Waals surface area contributed by atoms with Gasteiger partial charge < -0.3 is 5.32 Å². The number of hydrogen-bond acceptors (Lipinski definition) is 4. The van der Waals surface area contributed by atoms with Gasteiger partial charge in [0.05, 0.1) is 11.8 Å². The van der Waals surface area contributed by atoms with Gasteiger partial charge in [0.1, 0.15) is 0 Å². The number of thiophene rings is 1. The quantitative estimate of drug-likeness (QED) is 0.658. The average molecular weight is 449 g/mol. The van der Waals surface area contributed by atoms with E-state index in [0.29, 0.717) is 31.8 Å². The molecule has 1 fully saturated rings. The third kappa shape index (κ3) is 5.71. The first-order valence-electron chi connectivity index (χ1n) is 10.7. The van der Waals surface area contributed by atoms with Crippen molar-refractivity contribution in [2.45, 2.75) is 46.1 Å². The van der Waals surface area contributed by atoms with Crippen LogP contribution in [0, 0.1) is 11.8 Å². The van der Waals surface area contributed by atoms with Gasteiger partial charge in [-0.1, -0.05) is 44.2 Å². The molecule has 1 aliphatic rings. The van der Waals surface area contributed by atoms with Crippen molar-refractivity contribution in [2.24, 2.45) is 11.8 Å². The molecule has 0 aliphatic carbocycles. The number of nitrogens with zero attached hydrogens (tertiary/aromatic N) is 1. The summed E-state index contributed by atoms with van der Waals surface area (Å²) in [6, 6.07) is 12.4. The predicted molar refractivity (Wildman–Crippen MR) is 123 cm³/mol. The molecule has 0 radical (unpaired) electrons. The van der Waals surface area contributed by atoms with E-state index in [9.17, 15) is 13.2 Å². The third-order valence-electron chi connectivity index (χ3n) is 5.65.